The summed E-state index contributed by atoms with van der Waals surface area (Å²) < 4.78 is 12.9. The number of nitrogens with one attached hydrogen (secondary N) is 1. The van der Waals surface area contributed by atoms with E-state index in [1.807, 2.05) is 25.1 Å². The van der Waals surface area contributed by atoms with Gasteiger partial charge in [-0.15, -0.1) is 11.3 Å². The number of nitriles is 1. The van der Waals surface area contributed by atoms with Gasteiger partial charge in [-0.05, 0) is 42.8 Å². The van der Waals surface area contributed by atoms with Crippen LogP contribution in [-0.4, -0.2) is 31.2 Å². The standard InChI is InChI=1S/C23H21N3O4S/c1-4-30-18-11-10-15(12-19(18)29-3)13-20-22(28)26(16-8-6-5-7-9-16)23(31-20)17(14-24)21(27)25-2/h5-13H,4H2,1-3H3,(H,25,27)/b20-13+,23-17-. The second-order valence-corrected chi connectivity index (χ2v) is 7.33. The number of carbonyl (C=O) groups is 1. The quantitative estimate of drug-likeness (QED) is 0.634. The van der Waals surface area contributed by atoms with Crippen molar-refractivity contribution in [3.05, 3.63) is 73.6 Å². The van der Waals surface area contributed by atoms with E-state index < -0.39 is 5.91 Å². The third-order valence-corrected chi connectivity index (χ3v) is 5.50. The van der Waals surface area contributed by atoms with Crippen LogP contribution in [0.4, 0.5) is 0 Å². The number of nitrogens with zero attached hydrogens (tertiary/aromatic N) is 2. The first kappa shape index (κ1) is 21.9. The fourth-order valence-corrected chi connectivity index (χ4v) is 4.08. The van der Waals surface area contributed by atoms with E-state index in [0.717, 1.165) is 16.9 Å². The highest BCUT2D eigenvalue weighted by Gasteiger charge is 2.16. The number of para-hydroxylation sites is 1. The number of ether oxygens (including phenoxy) is 2. The van der Waals surface area contributed by atoms with Crippen molar-refractivity contribution in [3.63, 3.8) is 0 Å². The van der Waals surface area contributed by atoms with Gasteiger partial charge in [0.15, 0.2) is 17.1 Å². The molecule has 2 aromatic carbocycles. The molecule has 0 fully saturated rings. The summed E-state index contributed by atoms with van der Waals surface area (Å²) in [5.74, 6) is 0.601. The Balaban J connectivity index is 2.32. The lowest BCUT2D eigenvalue weighted by Crippen LogP contribution is -2.33. The highest BCUT2D eigenvalue weighted by Crippen LogP contribution is 2.28. The molecule has 0 saturated heterocycles. The van der Waals surface area contributed by atoms with E-state index in [1.165, 1.54) is 11.6 Å². The van der Waals surface area contributed by atoms with Crippen LogP contribution in [0.3, 0.4) is 0 Å². The van der Waals surface area contributed by atoms with Gasteiger partial charge >= 0.3 is 0 Å². The van der Waals surface area contributed by atoms with Crippen molar-refractivity contribution in [2.45, 2.75) is 6.92 Å². The molecule has 8 heteroatoms. The summed E-state index contributed by atoms with van der Waals surface area (Å²) in [4.78, 5) is 25.5. The SMILES string of the molecule is CCOc1ccc(/C=c2/s/c(=C(/C#N)C(=O)NC)n(-c3ccccc3)c2=O)cc1OC. The molecule has 0 aliphatic carbocycles. The number of thiazole rings is 1. The molecule has 0 aliphatic heterocycles. The Morgan fingerprint density at radius 3 is 2.58 bits per heavy atom. The molecule has 0 unspecified atom stereocenters. The van der Waals surface area contributed by atoms with Gasteiger partial charge in [-0.2, -0.15) is 5.26 Å². The van der Waals surface area contributed by atoms with Crippen LogP contribution in [0.2, 0.25) is 0 Å². The average Bonchev–Trinajstić information content (AvgIpc) is 3.11. The van der Waals surface area contributed by atoms with Crippen molar-refractivity contribution in [1.29, 1.82) is 5.26 Å². The normalized spacial score (nSPS) is 12.1. The molecule has 0 radical (unpaired) electrons. The largest absolute Gasteiger partial charge is 0.493 e. The first-order valence-corrected chi connectivity index (χ1v) is 10.3. The molecule has 1 heterocycles. The van der Waals surface area contributed by atoms with Crippen LogP contribution in [0.15, 0.2) is 53.3 Å². The van der Waals surface area contributed by atoms with Crippen molar-refractivity contribution in [1.82, 2.24) is 9.88 Å². The zero-order valence-electron chi connectivity index (χ0n) is 17.3. The van der Waals surface area contributed by atoms with E-state index in [-0.39, 0.29) is 15.8 Å². The Hall–Kier alpha value is -3.83. The molecule has 0 saturated carbocycles. The first-order chi connectivity index (χ1) is 15.0. The monoisotopic (exact) mass is 435 g/mol. The lowest BCUT2D eigenvalue weighted by molar-refractivity contribution is -0.115. The molecule has 1 N–H and O–H groups in total. The molecule has 3 rings (SSSR count). The molecule has 158 valence electrons. The van der Waals surface area contributed by atoms with E-state index in [1.54, 1.807) is 49.6 Å². The van der Waals surface area contributed by atoms with Gasteiger partial charge in [-0.25, -0.2) is 0 Å². The lowest BCUT2D eigenvalue weighted by Gasteiger charge is -2.09. The van der Waals surface area contributed by atoms with Gasteiger partial charge in [0.05, 0.1) is 23.9 Å². The average molecular weight is 436 g/mol. The summed E-state index contributed by atoms with van der Waals surface area (Å²) in [6.07, 6.45) is 1.70. The van der Waals surface area contributed by atoms with Crippen LogP contribution in [0.1, 0.15) is 12.5 Å². The molecule has 3 aromatic rings. The van der Waals surface area contributed by atoms with E-state index in [2.05, 4.69) is 5.32 Å². The maximum Gasteiger partial charge on any atom is 0.273 e. The molecule has 0 spiro atoms. The number of methoxy groups -OCH3 is 1. The van der Waals surface area contributed by atoms with Crippen molar-refractivity contribution in [2.24, 2.45) is 0 Å². The minimum atomic E-state index is -0.553. The summed E-state index contributed by atoms with van der Waals surface area (Å²) in [7, 11) is 2.99. The topological polar surface area (TPSA) is 93.4 Å². The maximum atomic E-state index is 13.3. The van der Waals surface area contributed by atoms with E-state index >= 15 is 0 Å². The lowest BCUT2D eigenvalue weighted by atomic mass is 10.2. The van der Waals surface area contributed by atoms with Gasteiger partial charge in [0.25, 0.3) is 11.5 Å². The van der Waals surface area contributed by atoms with Crippen LogP contribution in [0, 0.1) is 11.3 Å². The van der Waals surface area contributed by atoms with E-state index in [0.29, 0.717) is 28.3 Å². The minimum Gasteiger partial charge on any atom is -0.493 e. The highest BCUT2D eigenvalue weighted by molar-refractivity contribution is 7.07. The molecule has 31 heavy (non-hydrogen) atoms. The number of amides is 1. The zero-order valence-corrected chi connectivity index (χ0v) is 18.2. The van der Waals surface area contributed by atoms with E-state index in [9.17, 15) is 14.9 Å². The van der Waals surface area contributed by atoms with Gasteiger partial charge in [0, 0.05) is 7.05 Å². The summed E-state index contributed by atoms with van der Waals surface area (Å²) in [5.41, 5.74) is 0.844. The van der Waals surface area contributed by atoms with Crippen molar-refractivity contribution >= 4 is 28.9 Å². The second-order valence-electron chi connectivity index (χ2n) is 6.30. The molecule has 1 aromatic heterocycles. The number of benzene rings is 2. The number of carbonyl (C=O) groups excluding carboxylic acids is 1. The molecule has 0 aliphatic rings. The van der Waals surface area contributed by atoms with Crippen molar-refractivity contribution in [3.8, 4) is 23.3 Å². The van der Waals surface area contributed by atoms with Crippen LogP contribution in [-0.2, 0) is 4.79 Å². The van der Waals surface area contributed by atoms with Gasteiger partial charge in [0.1, 0.15) is 10.7 Å². The number of rotatable bonds is 6. The highest BCUT2D eigenvalue weighted by atomic mass is 32.1. The van der Waals surface area contributed by atoms with Crippen LogP contribution < -0.4 is 29.5 Å². The van der Waals surface area contributed by atoms with Gasteiger partial charge in [-0.3, -0.25) is 14.2 Å². The van der Waals surface area contributed by atoms with Crippen LogP contribution in [0.25, 0.3) is 17.3 Å². The zero-order chi connectivity index (χ0) is 22.4. The molecule has 0 bridgehead atoms. The predicted octanol–water partition coefficient (Wildman–Crippen LogP) is 1.56. The van der Waals surface area contributed by atoms with Gasteiger partial charge in [-0.1, -0.05) is 24.3 Å². The third-order valence-electron chi connectivity index (χ3n) is 4.40. The molecule has 0 atom stereocenters. The first-order valence-electron chi connectivity index (χ1n) is 9.50. The van der Waals surface area contributed by atoms with Crippen LogP contribution >= 0.6 is 11.3 Å². The molecule has 7 nitrogen and oxygen atoms in total. The number of hydrogen-bond acceptors (Lipinski definition) is 6. The Bertz CT molecular complexity index is 1320. The fourth-order valence-electron chi connectivity index (χ4n) is 2.98. The summed E-state index contributed by atoms with van der Waals surface area (Å²) in [6.45, 7) is 2.39. The van der Waals surface area contributed by atoms with Gasteiger partial charge < -0.3 is 14.8 Å². The summed E-state index contributed by atoms with van der Waals surface area (Å²) in [6, 6.07) is 16.2. The number of hydrogen-bond donors (Lipinski definition) is 1. The smallest absolute Gasteiger partial charge is 0.273 e. The Labute approximate surface area is 183 Å². The second kappa shape index (κ2) is 9.78. The molecular formula is C23H21N3O4S. The predicted molar refractivity (Wildman–Crippen MR) is 120 cm³/mol. The molecule has 1 amide bonds. The summed E-state index contributed by atoms with van der Waals surface area (Å²) >= 11 is 1.08. The van der Waals surface area contributed by atoms with E-state index in [4.69, 9.17) is 9.47 Å². The number of aromatic nitrogens is 1. The van der Waals surface area contributed by atoms with Crippen molar-refractivity contribution in [2.75, 3.05) is 20.8 Å². The maximum absolute atomic E-state index is 13.3. The Morgan fingerprint density at radius 2 is 1.97 bits per heavy atom. The Kier molecular flexibility index (Phi) is 6.90. The van der Waals surface area contributed by atoms with Gasteiger partial charge in [0.2, 0.25) is 0 Å². The minimum absolute atomic E-state index is 0.127. The molecular weight excluding hydrogens is 414 g/mol. The summed E-state index contributed by atoms with van der Waals surface area (Å²) in [5, 5.41) is 12.1. The van der Waals surface area contributed by atoms with Crippen LogP contribution in [0.5, 0.6) is 11.5 Å². The third kappa shape index (κ3) is 4.52. The fraction of sp³-hybridized carbons (Fsp3) is 0.174. The Morgan fingerprint density at radius 1 is 1.23 bits per heavy atom. The van der Waals surface area contributed by atoms with Crippen molar-refractivity contribution < 1.29 is 14.3 Å².